The average molecular weight is 402 g/mol. The lowest BCUT2D eigenvalue weighted by Gasteiger charge is -2.19. The first-order valence-electron chi connectivity index (χ1n) is 9.75. The van der Waals surface area contributed by atoms with Gasteiger partial charge >= 0.3 is 0 Å². The normalized spacial score (nSPS) is 12.8. The topological polar surface area (TPSA) is 76.7 Å². The lowest BCUT2D eigenvalue weighted by molar-refractivity contribution is -0.121. The Labute approximate surface area is 174 Å². The third-order valence-corrected chi connectivity index (χ3v) is 4.86. The maximum Gasteiger partial charge on any atom is 0.251 e. The summed E-state index contributed by atoms with van der Waals surface area (Å²) >= 11 is 0. The van der Waals surface area contributed by atoms with Crippen LogP contribution >= 0.6 is 0 Å². The monoisotopic (exact) mass is 402 g/mol. The fourth-order valence-corrected chi connectivity index (χ4v) is 3.28. The number of carbonyl (C=O) groups excluding carboxylic acids is 2. The van der Waals surface area contributed by atoms with E-state index in [1.54, 1.807) is 12.1 Å². The molecule has 0 fully saturated rings. The first-order chi connectivity index (χ1) is 14.7. The predicted octanol–water partition coefficient (Wildman–Crippen LogP) is 3.59. The Morgan fingerprint density at radius 2 is 1.57 bits per heavy atom. The molecule has 0 spiro atoms. The van der Waals surface area contributed by atoms with E-state index in [2.05, 4.69) is 10.6 Å². The summed E-state index contributed by atoms with van der Waals surface area (Å²) in [6.07, 6.45) is 0.132. The minimum atomic E-state index is -0.435. The van der Waals surface area contributed by atoms with Crippen molar-refractivity contribution in [2.45, 2.75) is 19.0 Å². The van der Waals surface area contributed by atoms with Crippen LogP contribution in [0.2, 0.25) is 0 Å². The van der Waals surface area contributed by atoms with Crippen LogP contribution in [-0.4, -0.2) is 18.6 Å². The van der Waals surface area contributed by atoms with Gasteiger partial charge in [0.15, 0.2) is 11.5 Å². The molecular weight excluding hydrogens is 380 g/mol. The molecule has 0 saturated carbocycles. The molecule has 3 aromatic rings. The Morgan fingerprint density at radius 1 is 0.867 bits per heavy atom. The summed E-state index contributed by atoms with van der Waals surface area (Å²) in [6.45, 7) is 0.578. The van der Waals surface area contributed by atoms with Gasteiger partial charge in [-0.1, -0.05) is 54.6 Å². The van der Waals surface area contributed by atoms with Gasteiger partial charge in [-0.05, 0) is 35.4 Å². The van der Waals surface area contributed by atoms with Gasteiger partial charge in [0, 0.05) is 12.1 Å². The summed E-state index contributed by atoms with van der Waals surface area (Å²) in [5.41, 5.74) is 2.34. The van der Waals surface area contributed by atoms with Gasteiger partial charge < -0.3 is 20.1 Å². The molecule has 6 heteroatoms. The molecule has 1 aliphatic heterocycles. The number of fused-ring (bicyclic) bond motifs is 1. The molecule has 0 bridgehead atoms. The van der Waals surface area contributed by atoms with E-state index in [-0.39, 0.29) is 25.0 Å². The van der Waals surface area contributed by atoms with Crippen LogP contribution in [0.4, 0.5) is 0 Å². The molecule has 1 atom stereocenters. The van der Waals surface area contributed by atoms with Crippen LogP contribution < -0.4 is 20.1 Å². The standard InChI is InChI=1S/C24H22N2O4/c27-23(25-15-17-11-12-21-22(13-17)30-16-29-21)14-20(18-7-3-1-4-8-18)26-24(28)19-9-5-2-6-10-19/h1-13,20H,14-16H2,(H,25,27)(H,26,28)/t20-/m1/s1. The van der Waals surface area contributed by atoms with Crippen LogP contribution in [0.1, 0.15) is 33.9 Å². The molecule has 0 aromatic heterocycles. The minimum absolute atomic E-state index is 0.132. The number of nitrogens with one attached hydrogen (secondary N) is 2. The van der Waals surface area contributed by atoms with Crippen molar-refractivity contribution < 1.29 is 19.1 Å². The number of amides is 2. The van der Waals surface area contributed by atoms with Crippen LogP contribution in [0.25, 0.3) is 0 Å². The summed E-state index contributed by atoms with van der Waals surface area (Å²) in [5, 5.41) is 5.89. The summed E-state index contributed by atoms with van der Waals surface area (Å²) in [6, 6.07) is 23.6. The van der Waals surface area contributed by atoms with Crippen LogP contribution in [-0.2, 0) is 11.3 Å². The molecule has 4 rings (SSSR count). The summed E-state index contributed by atoms with van der Waals surface area (Å²) in [7, 11) is 0. The molecule has 0 radical (unpaired) electrons. The van der Waals surface area contributed by atoms with Crippen molar-refractivity contribution in [3.8, 4) is 11.5 Å². The van der Waals surface area contributed by atoms with Gasteiger partial charge in [0.25, 0.3) is 5.91 Å². The lowest BCUT2D eigenvalue weighted by atomic mass is 10.0. The molecule has 152 valence electrons. The van der Waals surface area contributed by atoms with Crippen molar-refractivity contribution >= 4 is 11.8 Å². The van der Waals surface area contributed by atoms with Crippen molar-refractivity contribution in [3.05, 3.63) is 95.6 Å². The average Bonchev–Trinajstić information content (AvgIpc) is 3.26. The van der Waals surface area contributed by atoms with E-state index in [1.807, 2.05) is 66.7 Å². The zero-order chi connectivity index (χ0) is 20.8. The Morgan fingerprint density at radius 3 is 2.33 bits per heavy atom. The van der Waals surface area contributed by atoms with Crippen molar-refractivity contribution in [2.24, 2.45) is 0 Å². The number of hydrogen-bond acceptors (Lipinski definition) is 4. The van der Waals surface area contributed by atoms with Crippen molar-refractivity contribution in [1.29, 1.82) is 0 Å². The van der Waals surface area contributed by atoms with E-state index in [0.717, 1.165) is 11.1 Å². The Kier molecular flexibility index (Phi) is 5.94. The number of rotatable bonds is 7. The highest BCUT2D eigenvalue weighted by Crippen LogP contribution is 2.32. The van der Waals surface area contributed by atoms with E-state index >= 15 is 0 Å². The second kappa shape index (κ2) is 9.13. The molecule has 0 aliphatic carbocycles. The first kappa shape index (κ1) is 19.5. The predicted molar refractivity (Wildman–Crippen MR) is 112 cm³/mol. The molecule has 0 unspecified atom stereocenters. The van der Waals surface area contributed by atoms with E-state index in [9.17, 15) is 9.59 Å². The van der Waals surface area contributed by atoms with E-state index < -0.39 is 6.04 Å². The number of hydrogen-bond donors (Lipinski definition) is 2. The third kappa shape index (κ3) is 4.78. The Balaban J connectivity index is 1.41. The highest BCUT2D eigenvalue weighted by Gasteiger charge is 2.19. The molecule has 3 aromatic carbocycles. The largest absolute Gasteiger partial charge is 0.454 e. The highest BCUT2D eigenvalue weighted by molar-refractivity contribution is 5.94. The number of carbonyl (C=O) groups is 2. The number of ether oxygens (including phenoxy) is 2. The fraction of sp³-hybridized carbons (Fsp3) is 0.167. The van der Waals surface area contributed by atoms with Crippen molar-refractivity contribution in [2.75, 3.05) is 6.79 Å². The van der Waals surface area contributed by atoms with Crippen molar-refractivity contribution in [3.63, 3.8) is 0 Å². The summed E-state index contributed by atoms with van der Waals surface area (Å²) in [5.74, 6) is 1.01. The maximum atomic E-state index is 12.6. The number of benzene rings is 3. The van der Waals surface area contributed by atoms with Gasteiger partial charge in [-0.2, -0.15) is 0 Å². The molecule has 2 amide bonds. The van der Waals surface area contributed by atoms with Gasteiger partial charge in [0.1, 0.15) is 0 Å². The SMILES string of the molecule is O=C(C[C@@H](NC(=O)c1ccccc1)c1ccccc1)NCc1ccc2c(c1)OCO2. The minimum Gasteiger partial charge on any atom is -0.454 e. The molecule has 0 saturated heterocycles. The molecule has 2 N–H and O–H groups in total. The van der Waals surface area contributed by atoms with E-state index in [4.69, 9.17) is 9.47 Å². The van der Waals surface area contributed by atoms with Gasteiger partial charge in [0.05, 0.1) is 12.5 Å². The van der Waals surface area contributed by atoms with Gasteiger partial charge in [0.2, 0.25) is 12.7 Å². The van der Waals surface area contributed by atoms with Gasteiger partial charge in [-0.15, -0.1) is 0 Å². The second-order valence-electron chi connectivity index (χ2n) is 6.97. The summed E-state index contributed by atoms with van der Waals surface area (Å²) in [4.78, 5) is 25.3. The van der Waals surface area contributed by atoms with E-state index in [1.165, 1.54) is 0 Å². The smallest absolute Gasteiger partial charge is 0.251 e. The first-order valence-corrected chi connectivity index (χ1v) is 9.75. The third-order valence-electron chi connectivity index (χ3n) is 4.86. The fourth-order valence-electron chi connectivity index (χ4n) is 3.28. The molecular formula is C24H22N2O4. The molecule has 1 heterocycles. The molecule has 6 nitrogen and oxygen atoms in total. The second-order valence-corrected chi connectivity index (χ2v) is 6.97. The van der Waals surface area contributed by atoms with Crippen LogP contribution in [0, 0.1) is 0 Å². The quantitative estimate of drug-likeness (QED) is 0.633. The Hall–Kier alpha value is -3.80. The van der Waals surface area contributed by atoms with Gasteiger partial charge in [-0.3, -0.25) is 9.59 Å². The summed E-state index contributed by atoms with van der Waals surface area (Å²) < 4.78 is 10.7. The zero-order valence-electron chi connectivity index (χ0n) is 16.3. The molecule has 30 heavy (non-hydrogen) atoms. The lowest BCUT2D eigenvalue weighted by Crippen LogP contribution is -2.33. The van der Waals surface area contributed by atoms with Crippen LogP contribution in [0.5, 0.6) is 11.5 Å². The molecule has 1 aliphatic rings. The van der Waals surface area contributed by atoms with E-state index in [0.29, 0.717) is 23.6 Å². The van der Waals surface area contributed by atoms with Gasteiger partial charge in [-0.25, -0.2) is 0 Å². The van der Waals surface area contributed by atoms with Crippen LogP contribution in [0.3, 0.4) is 0 Å². The van der Waals surface area contributed by atoms with Crippen molar-refractivity contribution in [1.82, 2.24) is 10.6 Å². The Bertz CT molecular complexity index is 1020. The highest BCUT2D eigenvalue weighted by atomic mass is 16.7. The zero-order valence-corrected chi connectivity index (χ0v) is 16.3. The van der Waals surface area contributed by atoms with Crippen LogP contribution in [0.15, 0.2) is 78.9 Å². The maximum absolute atomic E-state index is 12.6.